The van der Waals surface area contributed by atoms with Crippen LogP contribution in [-0.2, 0) is 7.05 Å². The quantitative estimate of drug-likeness (QED) is 0.433. The number of rotatable bonds is 6. The Morgan fingerprint density at radius 1 is 1.38 bits per heavy atom. The molecule has 3 aromatic rings. The summed E-state index contributed by atoms with van der Waals surface area (Å²) in [6.45, 7) is 2.81. The molecule has 0 saturated heterocycles. The number of hydrogen-bond acceptors (Lipinski definition) is 8. The lowest BCUT2D eigenvalue weighted by molar-refractivity contribution is -0.0579. The van der Waals surface area contributed by atoms with E-state index in [2.05, 4.69) is 20.6 Å². The van der Waals surface area contributed by atoms with Gasteiger partial charge < -0.3 is 29.9 Å². The maximum atomic E-state index is 14.9. The van der Waals surface area contributed by atoms with E-state index < -0.39 is 29.7 Å². The highest BCUT2D eigenvalue weighted by atomic mass is 35.5. The largest absolute Gasteiger partial charge is 0.480 e. The molecule has 2 aromatic heterocycles. The predicted octanol–water partition coefficient (Wildman–Crippen LogP) is 4.15. The molecule has 1 saturated carbocycles. The monoisotopic (exact) mass is 534 g/mol. The number of benzene rings is 1. The Morgan fingerprint density at radius 2 is 2.11 bits per heavy atom. The summed E-state index contributed by atoms with van der Waals surface area (Å²) < 4.78 is 36.6. The number of nitrogens with one attached hydrogen (secondary N) is 2. The van der Waals surface area contributed by atoms with Crippen molar-refractivity contribution in [2.45, 2.75) is 44.3 Å². The van der Waals surface area contributed by atoms with Crippen molar-refractivity contribution in [3.05, 3.63) is 39.8 Å². The number of aromatic nitrogens is 3. The standard InChI is InChI=1S/C25H29ClF2N6O3/c1-24(2,36)11-33(3)23-29-10-16(26)21(32-23)30-14-7-8-17-15(9-14)18-19(22(35)34(17)4)37-12-25(27,28)20(31-18)13-5-6-13/h7-10,13,20,31,36H,5-6,11-12H2,1-4H3,(H,29,30,32)/t20-/m0/s1. The molecule has 1 aromatic carbocycles. The average molecular weight is 535 g/mol. The Morgan fingerprint density at radius 3 is 2.78 bits per heavy atom. The van der Waals surface area contributed by atoms with Crippen LogP contribution in [0.1, 0.15) is 26.7 Å². The number of hydrogen-bond donors (Lipinski definition) is 3. The first-order valence-electron chi connectivity index (χ1n) is 12.0. The van der Waals surface area contributed by atoms with E-state index in [-0.39, 0.29) is 22.4 Å². The first-order valence-corrected chi connectivity index (χ1v) is 12.4. The van der Waals surface area contributed by atoms with Crippen molar-refractivity contribution in [3.63, 3.8) is 0 Å². The Labute approximate surface area is 217 Å². The second-order valence-electron chi connectivity index (χ2n) is 10.5. The van der Waals surface area contributed by atoms with Crippen molar-refractivity contribution in [2.24, 2.45) is 13.0 Å². The van der Waals surface area contributed by atoms with E-state index in [1.165, 1.54) is 10.8 Å². The molecule has 2 aliphatic rings. The van der Waals surface area contributed by atoms with E-state index in [1.54, 1.807) is 51.0 Å². The molecule has 3 N–H and O–H groups in total. The van der Waals surface area contributed by atoms with Crippen LogP contribution in [0.4, 0.5) is 31.9 Å². The van der Waals surface area contributed by atoms with Gasteiger partial charge in [0.1, 0.15) is 5.02 Å². The normalized spacial score (nSPS) is 19.0. The van der Waals surface area contributed by atoms with Gasteiger partial charge in [-0.3, -0.25) is 4.79 Å². The van der Waals surface area contributed by atoms with Crippen LogP contribution >= 0.6 is 11.6 Å². The second kappa shape index (κ2) is 8.98. The Bertz CT molecular complexity index is 1420. The topological polar surface area (TPSA) is 105 Å². The van der Waals surface area contributed by atoms with Gasteiger partial charge in [-0.15, -0.1) is 0 Å². The number of alkyl halides is 2. The molecular formula is C25H29ClF2N6O3. The van der Waals surface area contributed by atoms with E-state index in [0.29, 0.717) is 47.7 Å². The van der Waals surface area contributed by atoms with Crippen LogP contribution in [0, 0.1) is 5.92 Å². The zero-order valence-electron chi connectivity index (χ0n) is 21.0. The van der Waals surface area contributed by atoms with E-state index in [4.69, 9.17) is 16.3 Å². The molecule has 0 amide bonds. The van der Waals surface area contributed by atoms with Gasteiger partial charge in [-0.2, -0.15) is 4.98 Å². The molecule has 0 radical (unpaired) electrons. The molecule has 1 atom stereocenters. The Kier molecular flexibility index (Phi) is 6.18. The number of halogens is 3. The lowest BCUT2D eigenvalue weighted by Gasteiger charge is -2.26. The number of aryl methyl sites for hydroxylation is 1. The molecule has 12 heteroatoms. The van der Waals surface area contributed by atoms with Crippen molar-refractivity contribution in [3.8, 4) is 5.75 Å². The molecule has 198 valence electrons. The van der Waals surface area contributed by atoms with Crippen molar-refractivity contribution in [1.82, 2.24) is 14.5 Å². The third-order valence-corrected chi connectivity index (χ3v) is 6.85. The number of anilines is 4. The van der Waals surface area contributed by atoms with Gasteiger partial charge in [0.15, 0.2) is 12.4 Å². The van der Waals surface area contributed by atoms with Gasteiger partial charge >= 0.3 is 5.92 Å². The van der Waals surface area contributed by atoms with Crippen molar-refractivity contribution in [2.75, 3.05) is 35.7 Å². The van der Waals surface area contributed by atoms with Crippen LogP contribution in [0.5, 0.6) is 5.75 Å². The van der Waals surface area contributed by atoms with Crippen LogP contribution in [0.15, 0.2) is 29.2 Å². The first kappa shape index (κ1) is 25.5. The lowest BCUT2D eigenvalue weighted by Crippen LogP contribution is -2.44. The highest BCUT2D eigenvalue weighted by molar-refractivity contribution is 6.32. The van der Waals surface area contributed by atoms with Gasteiger partial charge in [-0.25, -0.2) is 13.8 Å². The number of pyridine rings is 1. The van der Waals surface area contributed by atoms with Gasteiger partial charge in [0.2, 0.25) is 11.7 Å². The summed E-state index contributed by atoms with van der Waals surface area (Å²) in [5.41, 5.74) is -0.0476. The summed E-state index contributed by atoms with van der Waals surface area (Å²) >= 11 is 6.36. The molecule has 0 unspecified atom stereocenters. The second-order valence-corrected chi connectivity index (χ2v) is 10.9. The molecule has 9 nitrogen and oxygen atoms in total. The molecule has 1 aliphatic carbocycles. The fourth-order valence-electron chi connectivity index (χ4n) is 4.70. The summed E-state index contributed by atoms with van der Waals surface area (Å²) in [5.74, 6) is -2.73. The molecule has 0 spiro atoms. The molecule has 1 aliphatic heterocycles. The fourth-order valence-corrected chi connectivity index (χ4v) is 4.84. The Hall–Kier alpha value is -3.18. The predicted molar refractivity (Wildman–Crippen MR) is 140 cm³/mol. The number of ether oxygens (including phenoxy) is 1. The number of aliphatic hydroxyl groups is 1. The minimum atomic E-state index is -3.12. The number of likely N-dealkylation sites (N-methyl/N-ethyl adjacent to an activating group) is 1. The third kappa shape index (κ3) is 5.02. The highest BCUT2D eigenvalue weighted by Gasteiger charge is 2.51. The summed E-state index contributed by atoms with van der Waals surface area (Å²) in [6.07, 6.45) is 2.87. The SMILES string of the molecule is CN(CC(C)(C)O)c1ncc(Cl)c(Nc2ccc3c(c2)c2c(c(=O)n3C)OCC(F)(F)[C@H](C3CC3)N2)n1. The van der Waals surface area contributed by atoms with Crippen LogP contribution in [0.2, 0.25) is 5.02 Å². The maximum Gasteiger partial charge on any atom is 0.301 e. The summed E-state index contributed by atoms with van der Waals surface area (Å²) in [7, 11) is 3.34. The molecule has 0 bridgehead atoms. The zero-order chi connectivity index (χ0) is 26.7. The van der Waals surface area contributed by atoms with Crippen LogP contribution in [0.3, 0.4) is 0 Å². The van der Waals surface area contributed by atoms with Crippen LogP contribution in [-0.4, -0.2) is 57.4 Å². The number of nitrogens with zero attached hydrogens (tertiary/aromatic N) is 4. The molecule has 3 heterocycles. The van der Waals surface area contributed by atoms with E-state index in [1.807, 2.05) is 0 Å². The first-order chi connectivity index (χ1) is 17.3. The van der Waals surface area contributed by atoms with Crippen LogP contribution in [0.25, 0.3) is 10.9 Å². The Balaban J connectivity index is 1.55. The molecule has 37 heavy (non-hydrogen) atoms. The fraction of sp³-hybridized carbons (Fsp3) is 0.480. The molecular weight excluding hydrogens is 506 g/mol. The minimum absolute atomic E-state index is 0.120. The molecule has 1 fully saturated rings. The summed E-state index contributed by atoms with van der Waals surface area (Å²) in [5, 5.41) is 17.1. The van der Waals surface area contributed by atoms with E-state index in [0.717, 1.165) is 0 Å². The van der Waals surface area contributed by atoms with Gasteiger partial charge in [-0.1, -0.05) is 11.6 Å². The summed E-state index contributed by atoms with van der Waals surface area (Å²) in [6, 6.07) is 4.10. The van der Waals surface area contributed by atoms with Gasteiger partial charge in [-0.05, 0) is 50.8 Å². The maximum absolute atomic E-state index is 14.9. The van der Waals surface area contributed by atoms with Crippen molar-refractivity contribution in [1.29, 1.82) is 0 Å². The smallest absolute Gasteiger partial charge is 0.301 e. The van der Waals surface area contributed by atoms with E-state index >= 15 is 0 Å². The summed E-state index contributed by atoms with van der Waals surface area (Å²) in [4.78, 5) is 23.4. The average Bonchev–Trinajstić information content (AvgIpc) is 3.65. The lowest BCUT2D eigenvalue weighted by atomic mass is 10.0. The van der Waals surface area contributed by atoms with Gasteiger partial charge in [0, 0.05) is 31.7 Å². The number of fused-ring (bicyclic) bond motifs is 3. The van der Waals surface area contributed by atoms with Crippen LogP contribution < -0.4 is 25.8 Å². The highest BCUT2D eigenvalue weighted by Crippen LogP contribution is 2.45. The van der Waals surface area contributed by atoms with Crippen molar-refractivity contribution >= 4 is 45.6 Å². The van der Waals surface area contributed by atoms with Gasteiger partial charge in [0.25, 0.3) is 5.56 Å². The third-order valence-electron chi connectivity index (χ3n) is 6.57. The van der Waals surface area contributed by atoms with Gasteiger partial charge in [0.05, 0.1) is 29.0 Å². The zero-order valence-corrected chi connectivity index (χ0v) is 21.7. The minimum Gasteiger partial charge on any atom is -0.480 e. The van der Waals surface area contributed by atoms with Crippen molar-refractivity contribution < 1.29 is 18.6 Å². The molecule has 5 rings (SSSR count). The van der Waals surface area contributed by atoms with E-state index in [9.17, 15) is 18.7 Å².